The summed E-state index contributed by atoms with van der Waals surface area (Å²) >= 11 is 1.51. The second-order valence-electron chi connectivity index (χ2n) is 5.08. The van der Waals surface area contributed by atoms with E-state index in [1.807, 2.05) is 30.3 Å². The number of aromatic nitrogens is 1. The normalized spacial score (nSPS) is 11.8. The number of carbonyl (C=O) groups excluding carboxylic acids is 1. The number of carboxylic acids is 1. The summed E-state index contributed by atoms with van der Waals surface area (Å²) in [6.07, 6.45) is 2.09. The highest BCUT2D eigenvalue weighted by Gasteiger charge is 2.09. The molecule has 3 nitrogen and oxygen atoms in total. The van der Waals surface area contributed by atoms with Gasteiger partial charge in [-0.05, 0) is 54.3 Å². The number of carboxylic acid groups (broad SMARTS) is 1. The third kappa shape index (κ3) is 3.81. The maximum atomic E-state index is 13.0. The Morgan fingerprint density at radius 1 is 1.13 bits per heavy atom. The minimum absolute atomic E-state index is 0.0804. The number of nitrogens with zero attached hydrogens (tertiary/aromatic N) is 1. The molecule has 23 heavy (non-hydrogen) atoms. The fourth-order valence-corrected chi connectivity index (χ4v) is 3.26. The molecule has 0 saturated carbocycles. The van der Waals surface area contributed by atoms with E-state index in [2.05, 4.69) is 4.98 Å². The average molecular weight is 326 g/mol. The topological polar surface area (TPSA) is 53.0 Å². The van der Waals surface area contributed by atoms with Crippen molar-refractivity contribution in [1.29, 1.82) is 0 Å². The number of rotatable bonds is 5. The van der Waals surface area contributed by atoms with Gasteiger partial charge in [0.2, 0.25) is 0 Å². The lowest BCUT2D eigenvalue weighted by Crippen LogP contribution is -2.21. The summed E-state index contributed by atoms with van der Waals surface area (Å²) in [5, 5.41) is 11.6. The Bertz CT molecular complexity index is 835. The lowest BCUT2D eigenvalue weighted by molar-refractivity contribution is -0.305. The summed E-state index contributed by atoms with van der Waals surface area (Å²) in [7, 11) is 0. The SMILES string of the molecule is O=C([O-])CC/C(=C\c1ccc(F)cc1)c1nc2ccccc2s1. The molecular formula is C18H13FNO2S-. The Kier molecular flexibility index (Phi) is 4.48. The average Bonchev–Trinajstić information content (AvgIpc) is 2.97. The zero-order valence-electron chi connectivity index (χ0n) is 12.2. The molecule has 3 aromatic rings. The number of hydrogen-bond donors (Lipinski definition) is 0. The Hall–Kier alpha value is -2.53. The van der Waals surface area contributed by atoms with Gasteiger partial charge in [0, 0.05) is 5.97 Å². The molecule has 0 aliphatic heterocycles. The van der Waals surface area contributed by atoms with Crippen LogP contribution in [0.4, 0.5) is 4.39 Å². The number of carbonyl (C=O) groups is 1. The van der Waals surface area contributed by atoms with E-state index in [-0.39, 0.29) is 12.2 Å². The molecule has 1 heterocycles. The largest absolute Gasteiger partial charge is 0.550 e. The zero-order valence-corrected chi connectivity index (χ0v) is 13.0. The molecule has 0 spiro atoms. The molecule has 0 amide bonds. The predicted molar refractivity (Wildman–Crippen MR) is 88.1 cm³/mol. The van der Waals surface area contributed by atoms with Crippen molar-refractivity contribution in [3.8, 4) is 0 Å². The molecule has 0 radical (unpaired) electrons. The lowest BCUT2D eigenvalue weighted by Gasteiger charge is -2.06. The summed E-state index contributed by atoms with van der Waals surface area (Å²) in [5.41, 5.74) is 2.49. The minimum Gasteiger partial charge on any atom is -0.550 e. The van der Waals surface area contributed by atoms with Crippen LogP contribution in [0.5, 0.6) is 0 Å². The predicted octanol–water partition coefficient (Wildman–Crippen LogP) is 3.51. The van der Waals surface area contributed by atoms with E-state index in [1.165, 1.54) is 23.5 Å². The van der Waals surface area contributed by atoms with Crippen molar-refractivity contribution < 1.29 is 14.3 Å². The number of thiazole rings is 1. The summed E-state index contributed by atoms with van der Waals surface area (Å²) in [5.74, 6) is -1.41. The van der Waals surface area contributed by atoms with Crippen LogP contribution in [0.25, 0.3) is 21.9 Å². The Morgan fingerprint density at radius 2 is 1.87 bits per heavy atom. The molecule has 3 rings (SSSR count). The van der Waals surface area contributed by atoms with Crippen molar-refractivity contribution in [2.45, 2.75) is 12.8 Å². The highest BCUT2D eigenvalue weighted by atomic mass is 32.1. The summed E-state index contributed by atoms with van der Waals surface area (Å²) < 4.78 is 14.1. The van der Waals surface area contributed by atoms with Gasteiger partial charge in [-0.2, -0.15) is 0 Å². The fraction of sp³-hybridized carbons (Fsp3) is 0.111. The minimum atomic E-state index is -1.10. The van der Waals surface area contributed by atoms with E-state index >= 15 is 0 Å². The van der Waals surface area contributed by atoms with E-state index in [0.717, 1.165) is 26.4 Å². The van der Waals surface area contributed by atoms with Crippen molar-refractivity contribution in [3.63, 3.8) is 0 Å². The first-order valence-electron chi connectivity index (χ1n) is 7.14. The smallest absolute Gasteiger partial charge is 0.123 e. The lowest BCUT2D eigenvalue weighted by atomic mass is 10.1. The standard InChI is InChI=1S/C18H14FNO2S/c19-14-8-5-12(6-9-14)11-13(7-10-17(21)22)18-20-15-3-1-2-4-16(15)23-18/h1-6,8-9,11H,7,10H2,(H,21,22)/p-1/b13-11+. The molecule has 0 fully saturated rings. The van der Waals surface area contributed by atoms with Crippen LogP contribution in [-0.4, -0.2) is 11.0 Å². The maximum Gasteiger partial charge on any atom is 0.123 e. The highest BCUT2D eigenvalue weighted by Crippen LogP contribution is 2.30. The van der Waals surface area contributed by atoms with Crippen LogP contribution < -0.4 is 5.11 Å². The van der Waals surface area contributed by atoms with Gasteiger partial charge >= 0.3 is 0 Å². The van der Waals surface area contributed by atoms with Crippen LogP contribution >= 0.6 is 11.3 Å². The molecule has 2 aromatic carbocycles. The number of benzene rings is 2. The van der Waals surface area contributed by atoms with Gasteiger partial charge in [0.15, 0.2) is 0 Å². The van der Waals surface area contributed by atoms with Gasteiger partial charge in [-0.15, -0.1) is 11.3 Å². The number of halogens is 1. The van der Waals surface area contributed by atoms with Crippen LogP contribution in [0.1, 0.15) is 23.4 Å². The van der Waals surface area contributed by atoms with Crippen LogP contribution in [0.3, 0.4) is 0 Å². The molecule has 5 heteroatoms. The van der Waals surface area contributed by atoms with Crippen molar-refractivity contribution in [3.05, 3.63) is 64.9 Å². The van der Waals surface area contributed by atoms with Gasteiger partial charge in [0.25, 0.3) is 0 Å². The highest BCUT2D eigenvalue weighted by molar-refractivity contribution is 7.19. The van der Waals surface area contributed by atoms with Crippen LogP contribution in [0.15, 0.2) is 48.5 Å². The quantitative estimate of drug-likeness (QED) is 0.721. The first kappa shape index (κ1) is 15.4. The van der Waals surface area contributed by atoms with Crippen molar-refractivity contribution >= 4 is 39.2 Å². The molecule has 0 unspecified atom stereocenters. The third-order valence-corrected chi connectivity index (χ3v) is 4.49. The Balaban J connectivity index is 2.00. The molecule has 0 aliphatic rings. The van der Waals surface area contributed by atoms with Gasteiger partial charge in [0.05, 0.1) is 10.2 Å². The fourth-order valence-electron chi connectivity index (χ4n) is 2.25. The second-order valence-corrected chi connectivity index (χ2v) is 6.11. The van der Waals surface area contributed by atoms with E-state index in [4.69, 9.17) is 0 Å². The van der Waals surface area contributed by atoms with E-state index in [1.54, 1.807) is 12.1 Å². The van der Waals surface area contributed by atoms with Gasteiger partial charge in [-0.3, -0.25) is 0 Å². The third-order valence-electron chi connectivity index (χ3n) is 3.38. The Morgan fingerprint density at radius 3 is 2.57 bits per heavy atom. The molecule has 0 aliphatic carbocycles. The zero-order chi connectivity index (χ0) is 16.2. The van der Waals surface area contributed by atoms with Crippen LogP contribution in [0.2, 0.25) is 0 Å². The van der Waals surface area contributed by atoms with Crippen molar-refractivity contribution in [2.75, 3.05) is 0 Å². The summed E-state index contributed by atoms with van der Waals surface area (Å²) in [6, 6.07) is 13.8. The summed E-state index contributed by atoms with van der Waals surface area (Å²) in [4.78, 5) is 15.4. The first-order chi connectivity index (χ1) is 11.1. The Labute approximate surface area is 136 Å². The van der Waals surface area contributed by atoms with Gasteiger partial charge in [-0.1, -0.05) is 24.3 Å². The molecular weight excluding hydrogens is 313 g/mol. The van der Waals surface area contributed by atoms with Crippen molar-refractivity contribution in [1.82, 2.24) is 4.98 Å². The van der Waals surface area contributed by atoms with E-state index in [9.17, 15) is 14.3 Å². The number of hydrogen-bond acceptors (Lipinski definition) is 4. The monoisotopic (exact) mass is 326 g/mol. The van der Waals surface area contributed by atoms with E-state index in [0.29, 0.717) is 6.42 Å². The first-order valence-corrected chi connectivity index (χ1v) is 7.95. The molecule has 0 N–H and O–H groups in total. The molecule has 1 aromatic heterocycles. The second kappa shape index (κ2) is 6.71. The van der Waals surface area contributed by atoms with E-state index < -0.39 is 5.97 Å². The van der Waals surface area contributed by atoms with Crippen LogP contribution in [-0.2, 0) is 4.79 Å². The molecule has 116 valence electrons. The van der Waals surface area contributed by atoms with Gasteiger partial charge in [0.1, 0.15) is 10.8 Å². The summed E-state index contributed by atoms with van der Waals surface area (Å²) in [6.45, 7) is 0. The van der Waals surface area contributed by atoms with Crippen molar-refractivity contribution in [2.24, 2.45) is 0 Å². The molecule has 0 atom stereocenters. The van der Waals surface area contributed by atoms with Crippen LogP contribution in [0, 0.1) is 5.82 Å². The van der Waals surface area contributed by atoms with Gasteiger partial charge in [-0.25, -0.2) is 9.37 Å². The number of aliphatic carboxylic acids is 1. The molecule has 0 saturated heterocycles. The van der Waals surface area contributed by atoms with Gasteiger partial charge < -0.3 is 9.90 Å². The molecule has 0 bridgehead atoms. The number of para-hydroxylation sites is 1. The maximum absolute atomic E-state index is 13.0. The number of fused-ring (bicyclic) bond motifs is 1. The number of allylic oxidation sites excluding steroid dienone is 1.